The van der Waals surface area contributed by atoms with Crippen LogP contribution in [0.2, 0.25) is 0 Å². The minimum atomic E-state index is -4.75. The highest BCUT2D eigenvalue weighted by molar-refractivity contribution is 6.06. The number of aromatic nitrogens is 2. The van der Waals surface area contributed by atoms with Gasteiger partial charge in [-0.05, 0) is 29.8 Å². The lowest BCUT2D eigenvalue weighted by atomic mass is 9.94. The SMILES string of the molecule is NC(=O)c1cccc2c(NC3CNCC3c3cccc(OC(F)(F)F)c3)ncnc12. The summed E-state index contributed by atoms with van der Waals surface area (Å²) in [5, 5.41) is 7.21. The van der Waals surface area contributed by atoms with Crippen LogP contribution in [0.1, 0.15) is 21.8 Å². The number of hydrogen-bond acceptors (Lipinski definition) is 6. The summed E-state index contributed by atoms with van der Waals surface area (Å²) in [6.07, 6.45) is -3.41. The number of rotatable bonds is 5. The highest BCUT2D eigenvalue weighted by atomic mass is 19.4. The van der Waals surface area contributed by atoms with Crippen LogP contribution >= 0.6 is 0 Å². The van der Waals surface area contributed by atoms with Crippen molar-refractivity contribution in [1.82, 2.24) is 15.3 Å². The second kappa shape index (κ2) is 7.79. The van der Waals surface area contributed by atoms with Crippen LogP contribution in [0, 0.1) is 0 Å². The predicted octanol–water partition coefficient (Wildman–Crippen LogP) is 2.79. The van der Waals surface area contributed by atoms with E-state index in [1.165, 1.54) is 24.5 Å². The number of carbonyl (C=O) groups excluding carboxylic acids is 1. The van der Waals surface area contributed by atoms with E-state index in [-0.39, 0.29) is 23.3 Å². The number of alkyl halides is 3. The zero-order valence-electron chi connectivity index (χ0n) is 15.6. The van der Waals surface area contributed by atoms with Crippen LogP contribution in [0.5, 0.6) is 5.75 Å². The number of nitrogens with zero attached hydrogens (tertiary/aromatic N) is 2. The van der Waals surface area contributed by atoms with Crippen molar-refractivity contribution in [3.05, 3.63) is 59.9 Å². The summed E-state index contributed by atoms with van der Waals surface area (Å²) in [5.41, 5.74) is 6.86. The highest BCUT2D eigenvalue weighted by Gasteiger charge is 2.33. The quantitative estimate of drug-likeness (QED) is 0.590. The molecule has 0 aliphatic carbocycles. The monoisotopic (exact) mass is 417 g/mol. The van der Waals surface area contributed by atoms with E-state index in [2.05, 4.69) is 25.3 Å². The largest absolute Gasteiger partial charge is 0.573 e. The van der Waals surface area contributed by atoms with Crippen LogP contribution in [-0.2, 0) is 0 Å². The van der Waals surface area contributed by atoms with Gasteiger partial charge in [0.05, 0.1) is 11.1 Å². The molecular formula is C20H18F3N5O2. The number of ether oxygens (including phenoxy) is 1. The number of hydrogen-bond donors (Lipinski definition) is 3. The Labute approximate surface area is 169 Å². The van der Waals surface area contributed by atoms with Crippen LogP contribution < -0.4 is 21.1 Å². The van der Waals surface area contributed by atoms with Crippen LogP contribution in [0.4, 0.5) is 19.0 Å². The normalized spacial score (nSPS) is 19.0. The van der Waals surface area contributed by atoms with E-state index in [1.807, 2.05) is 0 Å². The summed E-state index contributed by atoms with van der Waals surface area (Å²) in [6, 6.07) is 10.9. The third-order valence-corrected chi connectivity index (χ3v) is 4.99. The number of halogens is 3. The van der Waals surface area contributed by atoms with Crippen LogP contribution in [0.15, 0.2) is 48.8 Å². The topological polar surface area (TPSA) is 102 Å². The van der Waals surface area contributed by atoms with Gasteiger partial charge in [0.25, 0.3) is 5.91 Å². The van der Waals surface area contributed by atoms with E-state index in [1.54, 1.807) is 24.3 Å². The van der Waals surface area contributed by atoms with Gasteiger partial charge in [0.15, 0.2) is 0 Å². The van der Waals surface area contributed by atoms with Gasteiger partial charge >= 0.3 is 6.36 Å². The highest BCUT2D eigenvalue weighted by Crippen LogP contribution is 2.31. The Balaban J connectivity index is 1.62. The van der Waals surface area contributed by atoms with Gasteiger partial charge in [-0.1, -0.05) is 18.2 Å². The maximum absolute atomic E-state index is 12.6. The van der Waals surface area contributed by atoms with Crippen molar-refractivity contribution in [3.8, 4) is 5.75 Å². The molecule has 4 N–H and O–H groups in total. The number of amides is 1. The lowest BCUT2D eigenvalue weighted by Crippen LogP contribution is -2.28. The van der Waals surface area contributed by atoms with Gasteiger partial charge in [-0.25, -0.2) is 9.97 Å². The second-order valence-corrected chi connectivity index (χ2v) is 6.92. The van der Waals surface area contributed by atoms with Crippen LogP contribution in [0.3, 0.4) is 0 Å². The number of benzene rings is 2. The minimum absolute atomic E-state index is 0.119. The first-order valence-corrected chi connectivity index (χ1v) is 9.18. The summed E-state index contributed by atoms with van der Waals surface area (Å²) in [7, 11) is 0. The first-order valence-electron chi connectivity index (χ1n) is 9.18. The molecule has 1 aliphatic rings. The maximum atomic E-state index is 12.6. The van der Waals surface area contributed by atoms with Gasteiger partial charge in [0.1, 0.15) is 17.9 Å². The molecule has 2 atom stereocenters. The standard InChI is InChI=1S/C20H18F3N5O2/c21-20(22,23)30-12-4-1-3-11(7-12)15-8-25-9-16(15)28-19-14-6-2-5-13(18(24)29)17(14)26-10-27-19/h1-7,10,15-16,25H,8-9H2,(H2,24,29)(H,26,27,28). The lowest BCUT2D eigenvalue weighted by molar-refractivity contribution is -0.274. The zero-order chi connectivity index (χ0) is 21.3. The molecule has 0 saturated carbocycles. The van der Waals surface area contributed by atoms with E-state index >= 15 is 0 Å². The summed E-state index contributed by atoms with van der Waals surface area (Å²) in [4.78, 5) is 20.1. The van der Waals surface area contributed by atoms with Crippen molar-refractivity contribution < 1.29 is 22.7 Å². The molecule has 0 spiro atoms. The summed E-state index contributed by atoms with van der Waals surface area (Å²) < 4.78 is 41.7. The fourth-order valence-electron chi connectivity index (χ4n) is 3.70. The number of primary amides is 1. The van der Waals surface area contributed by atoms with Crippen molar-refractivity contribution in [1.29, 1.82) is 0 Å². The third kappa shape index (κ3) is 4.13. The average molecular weight is 417 g/mol. The molecule has 10 heteroatoms. The molecule has 2 heterocycles. The molecular weight excluding hydrogens is 399 g/mol. The third-order valence-electron chi connectivity index (χ3n) is 4.99. The van der Waals surface area contributed by atoms with E-state index in [4.69, 9.17) is 5.73 Å². The molecule has 2 unspecified atom stereocenters. The zero-order valence-corrected chi connectivity index (χ0v) is 15.6. The first kappa shape index (κ1) is 19.9. The van der Waals surface area contributed by atoms with Crippen LogP contribution in [-0.4, -0.2) is 41.4 Å². The molecule has 3 aromatic rings. The molecule has 1 amide bonds. The summed E-state index contributed by atoms with van der Waals surface area (Å²) in [5.74, 6) is -0.452. The molecule has 4 rings (SSSR count). The Morgan fingerprint density at radius 1 is 1.17 bits per heavy atom. The fourth-order valence-corrected chi connectivity index (χ4v) is 3.70. The van der Waals surface area contributed by atoms with E-state index in [9.17, 15) is 18.0 Å². The summed E-state index contributed by atoms with van der Waals surface area (Å²) >= 11 is 0. The molecule has 156 valence electrons. The Morgan fingerprint density at radius 2 is 1.97 bits per heavy atom. The number of para-hydroxylation sites is 1. The fraction of sp³-hybridized carbons (Fsp3) is 0.250. The molecule has 7 nitrogen and oxygen atoms in total. The number of fused-ring (bicyclic) bond motifs is 1. The Bertz CT molecular complexity index is 1090. The number of nitrogens with two attached hydrogens (primary N) is 1. The Morgan fingerprint density at radius 3 is 2.73 bits per heavy atom. The maximum Gasteiger partial charge on any atom is 0.573 e. The first-order chi connectivity index (χ1) is 14.3. The van der Waals surface area contributed by atoms with Gasteiger partial charge in [-0.3, -0.25) is 4.79 Å². The van der Waals surface area contributed by atoms with Crippen LogP contribution in [0.25, 0.3) is 10.9 Å². The van der Waals surface area contributed by atoms with Gasteiger partial charge in [0, 0.05) is 30.4 Å². The minimum Gasteiger partial charge on any atom is -0.406 e. The number of nitrogens with one attached hydrogen (secondary N) is 2. The molecule has 2 aromatic carbocycles. The predicted molar refractivity (Wildman–Crippen MR) is 104 cm³/mol. The molecule has 1 saturated heterocycles. The van der Waals surface area contributed by atoms with Gasteiger partial charge < -0.3 is 21.1 Å². The molecule has 1 aromatic heterocycles. The summed E-state index contributed by atoms with van der Waals surface area (Å²) in [6.45, 7) is 1.15. The smallest absolute Gasteiger partial charge is 0.406 e. The van der Waals surface area contributed by atoms with Gasteiger partial charge in [-0.2, -0.15) is 0 Å². The van der Waals surface area contributed by atoms with E-state index in [0.717, 1.165) is 0 Å². The Kier molecular flexibility index (Phi) is 5.17. The molecule has 1 aliphatic heterocycles. The number of anilines is 1. The molecule has 1 fully saturated rings. The Hall–Kier alpha value is -3.40. The second-order valence-electron chi connectivity index (χ2n) is 6.92. The average Bonchev–Trinajstić information content (AvgIpc) is 3.15. The van der Waals surface area contributed by atoms with Crippen molar-refractivity contribution in [2.75, 3.05) is 18.4 Å². The van der Waals surface area contributed by atoms with E-state index < -0.39 is 12.3 Å². The molecule has 0 bridgehead atoms. The molecule has 30 heavy (non-hydrogen) atoms. The van der Waals surface area contributed by atoms with E-state index in [0.29, 0.717) is 35.4 Å². The lowest BCUT2D eigenvalue weighted by Gasteiger charge is -2.22. The van der Waals surface area contributed by atoms with Crippen molar-refractivity contribution in [2.45, 2.75) is 18.3 Å². The number of carbonyl (C=O) groups is 1. The van der Waals surface area contributed by atoms with Gasteiger partial charge in [-0.15, -0.1) is 13.2 Å². The molecule has 0 radical (unpaired) electrons. The van der Waals surface area contributed by atoms with Crippen molar-refractivity contribution in [3.63, 3.8) is 0 Å². The van der Waals surface area contributed by atoms with Crippen molar-refractivity contribution >= 4 is 22.6 Å². The van der Waals surface area contributed by atoms with Crippen molar-refractivity contribution in [2.24, 2.45) is 5.73 Å². The van der Waals surface area contributed by atoms with Gasteiger partial charge in [0.2, 0.25) is 0 Å².